The Morgan fingerprint density at radius 1 is 1.50 bits per heavy atom. The first kappa shape index (κ1) is 11.2. The third-order valence-corrected chi connectivity index (χ3v) is 3.46. The molecular weight excluding hydrogens is 222 g/mol. The molecule has 84 valence electrons. The Labute approximate surface area is 98.7 Å². The number of aliphatic hydroxyl groups excluding tert-OH is 1. The zero-order valence-electron chi connectivity index (χ0n) is 8.90. The lowest BCUT2D eigenvalue weighted by Crippen LogP contribution is -2.27. The van der Waals surface area contributed by atoms with Gasteiger partial charge in [0.2, 0.25) is 0 Å². The van der Waals surface area contributed by atoms with Gasteiger partial charge in [0.05, 0.1) is 0 Å². The second-order valence-corrected chi connectivity index (χ2v) is 4.54. The van der Waals surface area contributed by atoms with Crippen LogP contribution in [0.15, 0.2) is 11.4 Å². The van der Waals surface area contributed by atoms with Crippen LogP contribution in [-0.4, -0.2) is 35.6 Å². The van der Waals surface area contributed by atoms with Gasteiger partial charge in [-0.05, 0) is 24.3 Å². The topological polar surface area (TPSA) is 40.5 Å². The van der Waals surface area contributed by atoms with E-state index in [-0.39, 0.29) is 12.5 Å². The highest BCUT2D eigenvalue weighted by molar-refractivity contribution is 7.12. The Morgan fingerprint density at radius 3 is 2.94 bits per heavy atom. The van der Waals surface area contributed by atoms with Crippen molar-refractivity contribution in [2.24, 2.45) is 0 Å². The highest BCUT2D eigenvalue weighted by atomic mass is 32.1. The number of hydrogen-bond donors (Lipinski definition) is 1. The molecule has 1 aromatic rings. The van der Waals surface area contributed by atoms with Crippen LogP contribution >= 0.6 is 11.3 Å². The SMILES string of the molecule is O=C(c1sccc1C#CCO)N1CCCC1. The number of rotatable bonds is 1. The summed E-state index contributed by atoms with van der Waals surface area (Å²) in [5, 5.41) is 10.5. The van der Waals surface area contributed by atoms with Crippen LogP contribution in [0, 0.1) is 11.8 Å². The van der Waals surface area contributed by atoms with Gasteiger partial charge in [-0.15, -0.1) is 11.3 Å². The first-order chi connectivity index (χ1) is 7.83. The quantitative estimate of drug-likeness (QED) is 0.746. The van der Waals surface area contributed by atoms with Gasteiger partial charge in [0.25, 0.3) is 5.91 Å². The molecule has 4 heteroatoms. The molecule has 2 rings (SSSR count). The van der Waals surface area contributed by atoms with Crippen LogP contribution in [0.1, 0.15) is 28.1 Å². The van der Waals surface area contributed by atoms with Crippen molar-refractivity contribution in [1.82, 2.24) is 4.90 Å². The maximum atomic E-state index is 12.1. The van der Waals surface area contributed by atoms with E-state index in [1.165, 1.54) is 11.3 Å². The van der Waals surface area contributed by atoms with Gasteiger partial charge in [0.15, 0.2) is 0 Å². The minimum Gasteiger partial charge on any atom is -0.384 e. The Bertz CT molecular complexity index is 435. The standard InChI is InChI=1S/C12H13NO2S/c14-8-3-4-10-5-9-16-11(10)12(15)13-6-1-2-7-13/h5,9,14H,1-2,6-8H2. The van der Waals surface area contributed by atoms with Crippen molar-refractivity contribution in [1.29, 1.82) is 0 Å². The molecule has 1 amide bonds. The number of amides is 1. The highest BCUT2D eigenvalue weighted by Gasteiger charge is 2.22. The molecule has 1 fully saturated rings. The van der Waals surface area contributed by atoms with Gasteiger partial charge in [-0.2, -0.15) is 0 Å². The number of thiophene rings is 1. The lowest BCUT2D eigenvalue weighted by Gasteiger charge is -2.13. The molecule has 0 unspecified atom stereocenters. The number of aliphatic hydroxyl groups is 1. The zero-order chi connectivity index (χ0) is 11.4. The third kappa shape index (κ3) is 2.26. The van der Waals surface area contributed by atoms with Gasteiger partial charge >= 0.3 is 0 Å². The molecule has 1 aliphatic rings. The summed E-state index contributed by atoms with van der Waals surface area (Å²) in [5.41, 5.74) is 0.732. The molecule has 1 aromatic heterocycles. The fraction of sp³-hybridized carbons (Fsp3) is 0.417. The average Bonchev–Trinajstić information content (AvgIpc) is 2.96. The molecule has 0 spiro atoms. The molecule has 16 heavy (non-hydrogen) atoms. The molecule has 0 atom stereocenters. The average molecular weight is 235 g/mol. The summed E-state index contributed by atoms with van der Waals surface area (Å²) in [5.74, 6) is 5.47. The second-order valence-electron chi connectivity index (χ2n) is 3.62. The van der Waals surface area contributed by atoms with Crippen LogP contribution in [0.3, 0.4) is 0 Å². The first-order valence-corrected chi connectivity index (χ1v) is 6.17. The van der Waals surface area contributed by atoms with Gasteiger partial charge in [-0.1, -0.05) is 11.8 Å². The normalized spacial score (nSPS) is 14.7. The van der Waals surface area contributed by atoms with Gasteiger partial charge in [-0.3, -0.25) is 4.79 Å². The summed E-state index contributed by atoms with van der Waals surface area (Å²) in [6.45, 7) is 1.53. The van der Waals surface area contributed by atoms with E-state index in [0.29, 0.717) is 4.88 Å². The Morgan fingerprint density at radius 2 is 2.25 bits per heavy atom. The maximum absolute atomic E-state index is 12.1. The van der Waals surface area contributed by atoms with Crippen molar-refractivity contribution < 1.29 is 9.90 Å². The van der Waals surface area contributed by atoms with E-state index < -0.39 is 0 Å². The maximum Gasteiger partial charge on any atom is 0.265 e. The summed E-state index contributed by atoms with van der Waals surface area (Å²) in [7, 11) is 0. The molecule has 0 radical (unpaired) electrons. The van der Waals surface area contributed by atoms with Crippen LogP contribution in [0.2, 0.25) is 0 Å². The number of carbonyl (C=O) groups is 1. The van der Waals surface area contributed by atoms with Crippen molar-refractivity contribution in [3.8, 4) is 11.8 Å². The molecule has 2 heterocycles. The Hall–Kier alpha value is -1.31. The minimum atomic E-state index is -0.173. The molecule has 0 saturated carbocycles. The number of hydrogen-bond acceptors (Lipinski definition) is 3. The molecule has 0 aliphatic carbocycles. The second kappa shape index (κ2) is 5.15. The fourth-order valence-corrected chi connectivity index (χ4v) is 2.59. The molecular formula is C12H13NO2S. The van der Waals surface area contributed by atoms with Gasteiger partial charge in [-0.25, -0.2) is 0 Å². The predicted molar refractivity (Wildman–Crippen MR) is 63.4 cm³/mol. The Kier molecular flexibility index (Phi) is 3.60. The van der Waals surface area contributed by atoms with Gasteiger partial charge in [0.1, 0.15) is 11.5 Å². The van der Waals surface area contributed by atoms with E-state index >= 15 is 0 Å². The third-order valence-electron chi connectivity index (χ3n) is 2.55. The summed E-state index contributed by atoms with van der Waals surface area (Å²) in [6, 6.07) is 1.83. The first-order valence-electron chi connectivity index (χ1n) is 5.29. The van der Waals surface area contributed by atoms with Crippen molar-refractivity contribution in [2.75, 3.05) is 19.7 Å². The van der Waals surface area contributed by atoms with Crippen LogP contribution in [-0.2, 0) is 0 Å². The van der Waals surface area contributed by atoms with Crippen LogP contribution in [0.4, 0.5) is 0 Å². The van der Waals surface area contributed by atoms with E-state index in [0.717, 1.165) is 31.5 Å². The van der Waals surface area contributed by atoms with Crippen LogP contribution in [0.5, 0.6) is 0 Å². The largest absolute Gasteiger partial charge is 0.384 e. The zero-order valence-corrected chi connectivity index (χ0v) is 9.72. The minimum absolute atomic E-state index is 0.0785. The molecule has 1 aliphatic heterocycles. The lowest BCUT2D eigenvalue weighted by atomic mass is 10.2. The summed E-state index contributed by atoms with van der Waals surface area (Å²) in [4.78, 5) is 14.7. The summed E-state index contributed by atoms with van der Waals surface area (Å²) >= 11 is 1.42. The van der Waals surface area contributed by atoms with E-state index in [4.69, 9.17) is 5.11 Å². The number of likely N-dealkylation sites (tertiary alicyclic amines) is 1. The van der Waals surface area contributed by atoms with Gasteiger partial charge in [0, 0.05) is 18.7 Å². The molecule has 0 bridgehead atoms. The highest BCUT2D eigenvalue weighted by Crippen LogP contribution is 2.20. The summed E-state index contributed by atoms with van der Waals surface area (Å²) < 4.78 is 0. The molecule has 3 nitrogen and oxygen atoms in total. The van der Waals surface area contributed by atoms with Gasteiger partial charge < -0.3 is 10.0 Å². The number of nitrogens with zero attached hydrogens (tertiary/aromatic N) is 1. The summed E-state index contributed by atoms with van der Waals surface area (Å²) in [6.07, 6.45) is 2.18. The van der Waals surface area contributed by atoms with E-state index in [1.54, 1.807) is 0 Å². The van der Waals surface area contributed by atoms with Crippen molar-refractivity contribution in [3.05, 3.63) is 21.9 Å². The molecule has 1 saturated heterocycles. The van der Waals surface area contributed by atoms with E-state index in [1.807, 2.05) is 16.3 Å². The monoisotopic (exact) mass is 235 g/mol. The van der Waals surface area contributed by atoms with E-state index in [2.05, 4.69) is 11.8 Å². The van der Waals surface area contributed by atoms with Crippen LogP contribution in [0.25, 0.3) is 0 Å². The van der Waals surface area contributed by atoms with Crippen LogP contribution < -0.4 is 0 Å². The number of carbonyl (C=O) groups excluding carboxylic acids is 1. The van der Waals surface area contributed by atoms with E-state index in [9.17, 15) is 4.79 Å². The molecule has 1 N–H and O–H groups in total. The van der Waals surface area contributed by atoms with Crippen molar-refractivity contribution >= 4 is 17.2 Å². The predicted octanol–water partition coefficient (Wildman–Crippen LogP) is 1.33. The van der Waals surface area contributed by atoms with Crippen molar-refractivity contribution in [2.45, 2.75) is 12.8 Å². The van der Waals surface area contributed by atoms with Crippen molar-refractivity contribution in [3.63, 3.8) is 0 Å². The smallest absolute Gasteiger partial charge is 0.265 e. The lowest BCUT2D eigenvalue weighted by molar-refractivity contribution is 0.0797. The Balaban J connectivity index is 2.19. The molecule has 0 aromatic carbocycles. The fourth-order valence-electron chi connectivity index (χ4n) is 1.77.